The highest BCUT2D eigenvalue weighted by Crippen LogP contribution is 2.21. The van der Waals surface area contributed by atoms with E-state index in [1.807, 2.05) is 0 Å². The molecule has 3 unspecified atom stereocenters. The van der Waals surface area contributed by atoms with Crippen LogP contribution in [0.25, 0.3) is 0 Å². The van der Waals surface area contributed by atoms with Crippen molar-refractivity contribution in [2.45, 2.75) is 25.2 Å². The molecule has 0 aromatic carbocycles. The van der Waals surface area contributed by atoms with Crippen molar-refractivity contribution >= 4 is 8.25 Å². The van der Waals surface area contributed by atoms with Crippen molar-refractivity contribution in [2.75, 3.05) is 6.61 Å². The van der Waals surface area contributed by atoms with Gasteiger partial charge >= 0.3 is 8.25 Å². The molecule has 1 aliphatic heterocycles. The molecule has 0 radical (unpaired) electrons. The molecule has 5 nitrogen and oxygen atoms in total. The zero-order chi connectivity index (χ0) is 8.27. The lowest BCUT2D eigenvalue weighted by atomic mass is 10.2. The molecular formula is C5H11NO4P+. The van der Waals surface area contributed by atoms with Crippen molar-refractivity contribution in [1.29, 1.82) is 0 Å². The summed E-state index contributed by atoms with van der Waals surface area (Å²) in [5.41, 5.74) is 5.42. The van der Waals surface area contributed by atoms with Gasteiger partial charge in [0.1, 0.15) is 12.8 Å². The number of nitrogens with two attached hydrogens (primary N) is 1. The summed E-state index contributed by atoms with van der Waals surface area (Å²) in [6.07, 6.45) is 1.23. The van der Waals surface area contributed by atoms with E-state index in [1.54, 1.807) is 0 Å². The maximum atomic E-state index is 10.1. The minimum atomic E-state index is -2.50. The highest BCUT2D eigenvalue weighted by atomic mass is 31.1. The van der Waals surface area contributed by atoms with Gasteiger partial charge in [0.15, 0.2) is 0 Å². The van der Waals surface area contributed by atoms with E-state index >= 15 is 0 Å². The molecule has 0 aromatic rings. The van der Waals surface area contributed by atoms with Gasteiger partial charge in [-0.15, -0.1) is 9.42 Å². The quantitative estimate of drug-likeness (QED) is 0.602. The monoisotopic (exact) mass is 180 g/mol. The molecule has 0 aliphatic carbocycles. The maximum Gasteiger partial charge on any atom is 0.694 e. The Kier molecular flexibility index (Phi) is 3.36. The van der Waals surface area contributed by atoms with E-state index in [1.165, 1.54) is 0 Å². The molecule has 11 heavy (non-hydrogen) atoms. The first-order valence-electron chi connectivity index (χ1n) is 3.38. The van der Waals surface area contributed by atoms with Gasteiger partial charge in [-0.05, 0) is 12.8 Å². The van der Waals surface area contributed by atoms with E-state index in [4.69, 9.17) is 15.4 Å². The standard InChI is InChI=1S/C5H10NO4P/c6-5-2-1-4(10-5)3-9-11(7)8/h4-5H,1-3,6H2/p+1. The van der Waals surface area contributed by atoms with Crippen LogP contribution in [0, 0.1) is 0 Å². The van der Waals surface area contributed by atoms with Crippen LogP contribution in [0.2, 0.25) is 0 Å². The SMILES string of the molecule is NC1CCC(CO[P+](=O)O)O1. The summed E-state index contributed by atoms with van der Waals surface area (Å²) in [5, 5.41) is 0. The summed E-state index contributed by atoms with van der Waals surface area (Å²) in [7, 11) is -2.50. The summed E-state index contributed by atoms with van der Waals surface area (Å²) in [5.74, 6) is 0. The second kappa shape index (κ2) is 4.09. The first-order chi connectivity index (χ1) is 5.18. The Balaban J connectivity index is 2.13. The predicted octanol–water partition coefficient (Wildman–Crippen LogP) is 0.116. The molecule has 3 atom stereocenters. The minimum absolute atomic E-state index is 0.115. The Morgan fingerprint density at radius 3 is 2.91 bits per heavy atom. The Bertz CT molecular complexity index is 153. The highest BCUT2D eigenvalue weighted by Gasteiger charge is 2.26. The van der Waals surface area contributed by atoms with E-state index in [2.05, 4.69) is 4.52 Å². The van der Waals surface area contributed by atoms with Crippen LogP contribution in [-0.4, -0.2) is 23.8 Å². The van der Waals surface area contributed by atoms with Gasteiger partial charge in [0.05, 0.1) is 6.10 Å². The molecule has 0 saturated carbocycles. The van der Waals surface area contributed by atoms with Crippen LogP contribution in [0.5, 0.6) is 0 Å². The van der Waals surface area contributed by atoms with Crippen LogP contribution < -0.4 is 5.73 Å². The van der Waals surface area contributed by atoms with Crippen molar-refractivity contribution in [3.8, 4) is 0 Å². The summed E-state index contributed by atoms with van der Waals surface area (Å²) in [4.78, 5) is 8.28. The van der Waals surface area contributed by atoms with Gasteiger partial charge in [-0.1, -0.05) is 0 Å². The van der Waals surface area contributed by atoms with Gasteiger partial charge in [0.2, 0.25) is 0 Å². The fraction of sp³-hybridized carbons (Fsp3) is 1.00. The first-order valence-corrected chi connectivity index (χ1v) is 4.51. The van der Waals surface area contributed by atoms with Crippen LogP contribution >= 0.6 is 8.25 Å². The van der Waals surface area contributed by atoms with Crippen molar-refractivity contribution in [3.63, 3.8) is 0 Å². The second-order valence-corrected chi connectivity index (χ2v) is 3.14. The first kappa shape index (κ1) is 9.03. The lowest BCUT2D eigenvalue weighted by Gasteiger charge is -2.05. The Hall–Kier alpha value is -0.0600. The molecule has 0 amide bonds. The van der Waals surface area contributed by atoms with E-state index in [0.29, 0.717) is 0 Å². The van der Waals surface area contributed by atoms with Crippen LogP contribution in [0.15, 0.2) is 0 Å². The smallest absolute Gasteiger partial charge is 0.358 e. The van der Waals surface area contributed by atoms with E-state index < -0.39 is 8.25 Å². The van der Waals surface area contributed by atoms with Crippen LogP contribution in [0.4, 0.5) is 0 Å². The third-order valence-electron chi connectivity index (χ3n) is 1.51. The van der Waals surface area contributed by atoms with E-state index in [0.717, 1.165) is 12.8 Å². The normalized spacial score (nSPS) is 32.4. The molecule has 0 aromatic heterocycles. The minimum Gasteiger partial charge on any atom is -0.358 e. The fourth-order valence-electron chi connectivity index (χ4n) is 1.00. The lowest BCUT2D eigenvalue weighted by molar-refractivity contribution is 0.0204. The summed E-state index contributed by atoms with van der Waals surface area (Å²) >= 11 is 0. The highest BCUT2D eigenvalue weighted by molar-refractivity contribution is 7.32. The van der Waals surface area contributed by atoms with Gasteiger partial charge < -0.3 is 10.5 Å². The van der Waals surface area contributed by atoms with Crippen molar-refractivity contribution in [3.05, 3.63) is 0 Å². The number of rotatable bonds is 3. The van der Waals surface area contributed by atoms with E-state index in [-0.39, 0.29) is 18.9 Å². The summed E-state index contributed by atoms with van der Waals surface area (Å²) in [6, 6.07) is 0. The van der Waals surface area contributed by atoms with Crippen molar-refractivity contribution < 1.29 is 18.7 Å². The zero-order valence-electron chi connectivity index (χ0n) is 5.97. The molecular weight excluding hydrogens is 169 g/mol. The summed E-state index contributed by atoms with van der Waals surface area (Å²) < 4.78 is 19.7. The molecule has 1 saturated heterocycles. The molecule has 1 fully saturated rings. The Morgan fingerprint density at radius 2 is 2.45 bits per heavy atom. The molecule has 64 valence electrons. The van der Waals surface area contributed by atoms with Gasteiger partial charge in [-0.25, -0.2) is 0 Å². The molecule has 6 heteroatoms. The molecule has 1 aliphatic rings. The average molecular weight is 180 g/mol. The number of hydrogen-bond donors (Lipinski definition) is 2. The molecule has 0 bridgehead atoms. The van der Waals surface area contributed by atoms with Crippen molar-refractivity contribution in [1.82, 2.24) is 0 Å². The molecule has 1 rings (SSSR count). The van der Waals surface area contributed by atoms with Crippen LogP contribution in [0.1, 0.15) is 12.8 Å². The van der Waals surface area contributed by atoms with E-state index in [9.17, 15) is 4.57 Å². The fourth-order valence-corrected chi connectivity index (χ4v) is 1.30. The van der Waals surface area contributed by atoms with Crippen LogP contribution in [-0.2, 0) is 13.8 Å². The van der Waals surface area contributed by atoms with Gasteiger partial charge in [0.25, 0.3) is 0 Å². The maximum absolute atomic E-state index is 10.1. The second-order valence-electron chi connectivity index (χ2n) is 2.41. The van der Waals surface area contributed by atoms with Crippen molar-refractivity contribution in [2.24, 2.45) is 5.73 Å². The third kappa shape index (κ3) is 3.22. The van der Waals surface area contributed by atoms with Crippen LogP contribution in [0.3, 0.4) is 0 Å². The van der Waals surface area contributed by atoms with Gasteiger partial charge in [-0.2, -0.15) is 0 Å². The van der Waals surface area contributed by atoms with Gasteiger partial charge in [0, 0.05) is 4.57 Å². The number of hydrogen-bond acceptors (Lipinski definition) is 4. The third-order valence-corrected chi connectivity index (χ3v) is 1.88. The number of ether oxygens (including phenoxy) is 1. The average Bonchev–Trinajstić information content (AvgIpc) is 2.31. The molecule has 0 spiro atoms. The molecule has 3 N–H and O–H groups in total. The lowest BCUT2D eigenvalue weighted by Crippen LogP contribution is -2.21. The molecule has 1 heterocycles. The predicted molar refractivity (Wildman–Crippen MR) is 37.9 cm³/mol. The largest absolute Gasteiger partial charge is 0.694 e. The Labute approximate surface area is 65.4 Å². The zero-order valence-corrected chi connectivity index (χ0v) is 6.87. The summed E-state index contributed by atoms with van der Waals surface area (Å²) in [6.45, 7) is 0.152. The topological polar surface area (TPSA) is 81.8 Å². The van der Waals surface area contributed by atoms with Gasteiger partial charge in [-0.3, -0.25) is 0 Å². The Morgan fingerprint density at radius 1 is 1.73 bits per heavy atom.